The minimum absolute atomic E-state index is 0. The molecule has 0 unspecified atom stereocenters. The van der Waals surface area contributed by atoms with E-state index in [4.69, 9.17) is 5.73 Å². The standard InChI is InChI=1S/C10H14N2OS.ClH/c11-4-5-12-10(13)9-8(3-6-14-9)7-1-2-7;/h3,6-7H,1-2,4-5,11H2,(H,12,13);1H. The normalized spacial score (nSPS) is 14.5. The molecule has 0 atom stereocenters. The lowest BCUT2D eigenvalue weighted by atomic mass is 10.1. The number of hydrogen-bond acceptors (Lipinski definition) is 3. The maximum absolute atomic E-state index is 11.7. The number of halogens is 1. The van der Waals surface area contributed by atoms with Gasteiger partial charge in [0, 0.05) is 13.1 Å². The van der Waals surface area contributed by atoms with Gasteiger partial charge in [-0.25, -0.2) is 0 Å². The average Bonchev–Trinajstić information content (AvgIpc) is 2.93. The second-order valence-corrected chi connectivity index (χ2v) is 4.44. The number of thiophene rings is 1. The van der Waals surface area contributed by atoms with Crippen molar-refractivity contribution in [2.24, 2.45) is 5.73 Å². The third-order valence-corrected chi connectivity index (χ3v) is 3.28. The number of hydrogen-bond donors (Lipinski definition) is 2. The van der Waals surface area contributed by atoms with Gasteiger partial charge in [0.15, 0.2) is 0 Å². The molecule has 84 valence electrons. The number of amides is 1. The lowest BCUT2D eigenvalue weighted by Gasteiger charge is -2.03. The van der Waals surface area contributed by atoms with Gasteiger partial charge in [0.1, 0.15) is 0 Å². The zero-order chi connectivity index (χ0) is 9.97. The first-order chi connectivity index (χ1) is 6.83. The van der Waals surface area contributed by atoms with Crippen molar-refractivity contribution in [1.82, 2.24) is 5.32 Å². The number of nitrogens with two attached hydrogens (primary N) is 1. The molecule has 2 rings (SSSR count). The van der Waals surface area contributed by atoms with Crippen LogP contribution in [0.4, 0.5) is 0 Å². The molecule has 1 aliphatic rings. The molecule has 1 heterocycles. The highest BCUT2D eigenvalue weighted by molar-refractivity contribution is 7.12. The summed E-state index contributed by atoms with van der Waals surface area (Å²) >= 11 is 1.52. The van der Waals surface area contributed by atoms with Crippen molar-refractivity contribution in [3.05, 3.63) is 21.9 Å². The Morgan fingerprint density at radius 2 is 2.33 bits per heavy atom. The first-order valence-corrected chi connectivity index (χ1v) is 5.76. The lowest BCUT2D eigenvalue weighted by molar-refractivity contribution is 0.0958. The van der Waals surface area contributed by atoms with E-state index in [1.54, 1.807) is 0 Å². The van der Waals surface area contributed by atoms with Crippen molar-refractivity contribution in [3.8, 4) is 0 Å². The summed E-state index contributed by atoms with van der Waals surface area (Å²) in [5.74, 6) is 0.673. The van der Waals surface area contributed by atoms with Crippen molar-refractivity contribution < 1.29 is 4.79 Å². The van der Waals surface area contributed by atoms with Gasteiger partial charge < -0.3 is 11.1 Å². The highest BCUT2D eigenvalue weighted by atomic mass is 35.5. The Labute approximate surface area is 99.5 Å². The van der Waals surface area contributed by atoms with Crippen LogP contribution < -0.4 is 11.1 Å². The van der Waals surface area contributed by atoms with E-state index in [1.807, 2.05) is 5.38 Å². The number of nitrogens with one attached hydrogen (secondary N) is 1. The Morgan fingerprint density at radius 1 is 1.60 bits per heavy atom. The van der Waals surface area contributed by atoms with Crippen LogP contribution >= 0.6 is 23.7 Å². The summed E-state index contributed by atoms with van der Waals surface area (Å²) in [5.41, 5.74) is 6.56. The SMILES string of the molecule is Cl.NCCNC(=O)c1sccc1C1CC1. The zero-order valence-electron chi connectivity index (χ0n) is 8.36. The van der Waals surface area contributed by atoms with Crippen LogP contribution in [-0.2, 0) is 0 Å². The molecule has 0 aliphatic heterocycles. The highest BCUT2D eigenvalue weighted by Gasteiger charge is 2.28. The summed E-state index contributed by atoms with van der Waals surface area (Å²) in [6, 6.07) is 2.07. The van der Waals surface area contributed by atoms with Crippen LogP contribution in [0.5, 0.6) is 0 Å². The van der Waals surface area contributed by atoms with Crippen LogP contribution in [-0.4, -0.2) is 19.0 Å². The summed E-state index contributed by atoms with van der Waals surface area (Å²) in [7, 11) is 0. The highest BCUT2D eigenvalue weighted by Crippen LogP contribution is 2.43. The summed E-state index contributed by atoms with van der Waals surface area (Å²) in [4.78, 5) is 12.5. The molecule has 3 nitrogen and oxygen atoms in total. The Kier molecular flexibility index (Phi) is 4.57. The molecular weight excluding hydrogens is 232 g/mol. The molecule has 1 fully saturated rings. The molecule has 0 spiro atoms. The van der Waals surface area contributed by atoms with Gasteiger partial charge in [-0.15, -0.1) is 23.7 Å². The minimum atomic E-state index is 0. The van der Waals surface area contributed by atoms with Gasteiger partial charge in [-0.2, -0.15) is 0 Å². The third-order valence-electron chi connectivity index (χ3n) is 2.35. The van der Waals surface area contributed by atoms with Gasteiger partial charge in [-0.3, -0.25) is 4.79 Å². The molecule has 1 aromatic heterocycles. The summed E-state index contributed by atoms with van der Waals surface area (Å²) in [6.07, 6.45) is 2.46. The Balaban J connectivity index is 0.00000112. The Bertz CT molecular complexity index is 336. The van der Waals surface area contributed by atoms with Crippen molar-refractivity contribution in [3.63, 3.8) is 0 Å². The van der Waals surface area contributed by atoms with Gasteiger partial charge in [0.2, 0.25) is 0 Å². The fourth-order valence-electron chi connectivity index (χ4n) is 1.49. The predicted octanol–water partition coefficient (Wildman–Crippen LogP) is 1.74. The molecule has 0 aromatic carbocycles. The van der Waals surface area contributed by atoms with Crippen molar-refractivity contribution in [2.75, 3.05) is 13.1 Å². The van der Waals surface area contributed by atoms with E-state index >= 15 is 0 Å². The molecule has 0 radical (unpaired) electrons. The van der Waals surface area contributed by atoms with E-state index in [0.29, 0.717) is 19.0 Å². The summed E-state index contributed by atoms with van der Waals surface area (Å²) in [6.45, 7) is 1.05. The van der Waals surface area contributed by atoms with Gasteiger partial charge >= 0.3 is 0 Å². The fraction of sp³-hybridized carbons (Fsp3) is 0.500. The first-order valence-electron chi connectivity index (χ1n) is 4.88. The van der Waals surface area contributed by atoms with Crippen LogP contribution in [0.15, 0.2) is 11.4 Å². The molecule has 0 bridgehead atoms. The van der Waals surface area contributed by atoms with E-state index < -0.39 is 0 Å². The number of carbonyl (C=O) groups excluding carboxylic acids is 1. The van der Waals surface area contributed by atoms with Gasteiger partial charge in [0.25, 0.3) is 5.91 Å². The maximum Gasteiger partial charge on any atom is 0.261 e. The number of carbonyl (C=O) groups is 1. The quantitative estimate of drug-likeness (QED) is 0.850. The van der Waals surface area contributed by atoms with Gasteiger partial charge in [0.05, 0.1) is 4.88 Å². The maximum atomic E-state index is 11.7. The summed E-state index contributed by atoms with van der Waals surface area (Å²) < 4.78 is 0. The molecule has 1 saturated carbocycles. The predicted molar refractivity (Wildman–Crippen MR) is 64.9 cm³/mol. The van der Waals surface area contributed by atoms with Crippen LogP contribution in [0.3, 0.4) is 0 Å². The van der Waals surface area contributed by atoms with Crippen LogP contribution in [0.1, 0.15) is 34.0 Å². The molecule has 1 amide bonds. The fourth-order valence-corrected chi connectivity index (χ4v) is 2.39. The summed E-state index contributed by atoms with van der Waals surface area (Å²) in [5, 5.41) is 4.80. The van der Waals surface area contributed by atoms with Crippen LogP contribution in [0.25, 0.3) is 0 Å². The van der Waals surface area contributed by atoms with Gasteiger partial charge in [-0.05, 0) is 35.8 Å². The zero-order valence-corrected chi connectivity index (χ0v) is 10.00. The minimum Gasteiger partial charge on any atom is -0.350 e. The second kappa shape index (κ2) is 5.49. The Morgan fingerprint density at radius 3 is 2.93 bits per heavy atom. The first kappa shape index (κ1) is 12.5. The molecule has 5 heteroatoms. The molecule has 15 heavy (non-hydrogen) atoms. The molecule has 1 aliphatic carbocycles. The van der Waals surface area contributed by atoms with E-state index in [1.165, 1.54) is 29.7 Å². The van der Waals surface area contributed by atoms with Crippen molar-refractivity contribution in [2.45, 2.75) is 18.8 Å². The molecular formula is C10H15ClN2OS. The third kappa shape index (κ3) is 2.93. The second-order valence-electron chi connectivity index (χ2n) is 3.52. The van der Waals surface area contributed by atoms with Crippen molar-refractivity contribution >= 4 is 29.7 Å². The lowest BCUT2D eigenvalue weighted by Crippen LogP contribution is -2.28. The Hall–Kier alpha value is -0.580. The monoisotopic (exact) mass is 246 g/mol. The van der Waals surface area contributed by atoms with Gasteiger partial charge in [-0.1, -0.05) is 0 Å². The van der Waals surface area contributed by atoms with E-state index in [9.17, 15) is 4.79 Å². The topological polar surface area (TPSA) is 55.1 Å². The van der Waals surface area contributed by atoms with E-state index in [-0.39, 0.29) is 18.3 Å². The average molecular weight is 247 g/mol. The largest absolute Gasteiger partial charge is 0.350 e. The van der Waals surface area contributed by atoms with Crippen LogP contribution in [0.2, 0.25) is 0 Å². The number of rotatable bonds is 4. The smallest absolute Gasteiger partial charge is 0.261 e. The van der Waals surface area contributed by atoms with Crippen molar-refractivity contribution in [1.29, 1.82) is 0 Å². The van der Waals surface area contributed by atoms with E-state index in [0.717, 1.165) is 4.88 Å². The van der Waals surface area contributed by atoms with E-state index in [2.05, 4.69) is 11.4 Å². The molecule has 3 N–H and O–H groups in total. The molecule has 1 aromatic rings. The molecule has 0 saturated heterocycles. The van der Waals surface area contributed by atoms with Crippen LogP contribution in [0, 0.1) is 0 Å².